The highest BCUT2D eigenvalue weighted by Crippen LogP contribution is 2.17. The van der Waals surface area contributed by atoms with Crippen LogP contribution in [0.15, 0.2) is 42.6 Å². The highest BCUT2D eigenvalue weighted by atomic mass is 19.1. The number of nitrogens with one attached hydrogen (secondary N) is 2. The van der Waals surface area contributed by atoms with E-state index in [-0.39, 0.29) is 18.0 Å². The Hall–Kier alpha value is -2.47. The van der Waals surface area contributed by atoms with E-state index >= 15 is 0 Å². The minimum atomic E-state index is -0.981. The van der Waals surface area contributed by atoms with E-state index in [0.717, 1.165) is 6.42 Å². The molecule has 0 bridgehead atoms. The number of nitrogens with zero attached hydrogens (tertiary/aromatic N) is 1. The lowest BCUT2D eigenvalue weighted by Crippen LogP contribution is -2.24. The summed E-state index contributed by atoms with van der Waals surface area (Å²) in [5, 5.41) is 15.7. The minimum absolute atomic E-state index is 0.120. The molecule has 0 saturated carbocycles. The molecule has 2 aromatic rings. The van der Waals surface area contributed by atoms with Gasteiger partial charge >= 0.3 is 0 Å². The molecule has 122 valence electrons. The number of aliphatic hydroxyl groups is 1. The maximum absolute atomic E-state index is 13.6. The molecule has 0 spiro atoms. The van der Waals surface area contributed by atoms with Gasteiger partial charge in [-0.2, -0.15) is 0 Å². The molecule has 0 saturated heterocycles. The average Bonchev–Trinajstić information content (AvgIpc) is 2.58. The Morgan fingerprint density at radius 1 is 1.30 bits per heavy atom. The number of carbonyl (C=O) groups is 1. The SMILES string of the molecule is CCCNC(=O)c1ccc(NCC(O)c2ccccc2F)nc1. The smallest absolute Gasteiger partial charge is 0.252 e. The van der Waals surface area contributed by atoms with Crippen molar-refractivity contribution in [3.8, 4) is 0 Å². The molecule has 0 fully saturated rings. The summed E-state index contributed by atoms with van der Waals surface area (Å²) < 4.78 is 13.6. The Kier molecular flexibility index (Phi) is 6.05. The van der Waals surface area contributed by atoms with Gasteiger partial charge in [0.25, 0.3) is 5.91 Å². The molecular formula is C17H20FN3O2. The van der Waals surface area contributed by atoms with Crippen LogP contribution in [0.5, 0.6) is 0 Å². The number of aromatic nitrogens is 1. The molecule has 0 aliphatic heterocycles. The summed E-state index contributed by atoms with van der Waals surface area (Å²) >= 11 is 0. The Morgan fingerprint density at radius 3 is 2.74 bits per heavy atom. The van der Waals surface area contributed by atoms with E-state index in [1.54, 1.807) is 24.3 Å². The molecule has 2 rings (SSSR count). The van der Waals surface area contributed by atoms with Crippen LogP contribution in [-0.2, 0) is 0 Å². The van der Waals surface area contributed by atoms with Crippen LogP contribution in [0.25, 0.3) is 0 Å². The molecule has 1 aromatic carbocycles. The summed E-state index contributed by atoms with van der Waals surface area (Å²) in [7, 11) is 0. The van der Waals surface area contributed by atoms with Crippen molar-refractivity contribution in [3.63, 3.8) is 0 Å². The molecule has 5 nitrogen and oxygen atoms in total. The van der Waals surface area contributed by atoms with E-state index in [1.807, 2.05) is 6.92 Å². The minimum Gasteiger partial charge on any atom is -0.386 e. The number of carbonyl (C=O) groups excluding carboxylic acids is 1. The van der Waals surface area contributed by atoms with Crippen LogP contribution in [0.4, 0.5) is 10.2 Å². The first kappa shape index (κ1) is 16.9. The van der Waals surface area contributed by atoms with E-state index in [0.29, 0.717) is 17.9 Å². The predicted molar refractivity (Wildman–Crippen MR) is 86.7 cm³/mol. The van der Waals surface area contributed by atoms with Gasteiger partial charge in [0.2, 0.25) is 0 Å². The molecule has 1 unspecified atom stereocenters. The Bertz CT molecular complexity index is 647. The van der Waals surface area contributed by atoms with Crippen molar-refractivity contribution in [1.29, 1.82) is 0 Å². The number of hydrogen-bond donors (Lipinski definition) is 3. The van der Waals surface area contributed by atoms with Gasteiger partial charge in [0.1, 0.15) is 11.6 Å². The summed E-state index contributed by atoms with van der Waals surface area (Å²) in [6, 6.07) is 9.38. The molecule has 0 aliphatic carbocycles. The number of pyridine rings is 1. The number of amides is 1. The van der Waals surface area contributed by atoms with Crippen molar-refractivity contribution in [2.75, 3.05) is 18.4 Å². The van der Waals surface area contributed by atoms with Gasteiger partial charge in [0.05, 0.1) is 11.7 Å². The van der Waals surface area contributed by atoms with E-state index in [1.165, 1.54) is 18.3 Å². The van der Waals surface area contributed by atoms with Crippen LogP contribution < -0.4 is 10.6 Å². The largest absolute Gasteiger partial charge is 0.386 e. The van der Waals surface area contributed by atoms with Crippen molar-refractivity contribution < 1.29 is 14.3 Å². The fraction of sp³-hybridized carbons (Fsp3) is 0.294. The van der Waals surface area contributed by atoms with Gasteiger partial charge in [0.15, 0.2) is 0 Å². The first-order valence-corrected chi connectivity index (χ1v) is 7.52. The lowest BCUT2D eigenvalue weighted by atomic mass is 10.1. The average molecular weight is 317 g/mol. The molecule has 6 heteroatoms. The topological polar surface area (TPSA) is 74.2 Å². The summed E-state index contributed by atoms with van der Waals surface area (Å²) in [5.74, 6) is -0.109. The van der Waals surface area contributed by atoms with Gasteiger partial charge < -0.3 is 15.7 Å². The van der Waals surface area contributed by atoms with Gasteiger partial charge in [-0.1, -0.05) is 25.1 Å². The molecule has 0 aliphatic rings. The van der Waals surface area contributed by atoms with Crippen molar-refractivity contribution in [3.05, 3.63) is 59.5 Å². The maximum Gasteiger partial charge on any atom is 0.252 e. The Balaban J connectivity index is 1.91. The fourth-order valence-corrected chi connectivity index (χ4v) is 2.03. The van der Waals surface area contributed by atoms with Crippen LogP contribution in [0, 0.1) is 5.82 Å². The summed E-state index contributed by atoms with van der Waals surface area (Å²) in [6.45, 7) is 2.72. The number of rotatable bonds is 7. The zero-order valence-electron chi connectivity index (χ0n) is 12.9. The number of anilines is 1. The standard InChI is InChI=1S/C17H20FN3O2/c1-2-9-19-17(23)12-7-8-16(20-10-12)21-11-15(22)13-5-3-4-6-14(13)18/h3-8,10,15,22H,2,9,11H2,1H3,(H,19,23)(H,20,21). The van der Waals surface area contributed by atoms with Crippen LogP contribution in [0.1, 0.15) is 35.4 Å². The quantitative estimate of drug-likeness (QED) is 0.733. The van der Waals surface area contributed by atoms with Crippen LogP contribution in [-0.4, -0.2) is 29.1 Å². The van der Waals surface area contributed by atoms with Crippen molar-refractivity contribution >= 4 is 11.7 Å². The molecule has 23 heavy (non-hydrogen) atoms. The zero-order valence-corrected chi connectivity index (χ0v) is 12.9. The molecule has 0 radical (unpaired) electrons. The fourth-order valence-electron chi connectivity index (χ4n) is 2.03. The van der Waals surface area contributed by atoms with Crippen LogP contribution in [0.2, 0.25) is 0 Å². The normalized spacial score (nSPS) is 11.8. The second-order valence-electron chi connectivity index (χ2n) is 5.11. The van der Waals surface area contributed by atoms with Crippen LogP contribution in [0.3, 0.4) is 0 Å². The molecule has 3 N–H and O–H groups in total. The first-order chi connectivity index (χ1) is 11.1. The van der Waals surface area contributed by atoms with Gasteiger partial charge in [-0.15, -0.1) is 0 Å². The molecule has 1 amide bonds. The second-order valence-corrected chi connectivity index (χ2v) is 5.11. The van der Waals surface area contributed by atoms with E-state index < -0.39 is 11.9 Å². The summed E-state index contributed by atoms with van der Waals surface area (Å²) in [5.41, 5.74) is 0.703. The molecule has 1 heterocycles. The van der Waals surface area contributed by atoms with Crippen molar-refractivity contribution in [2.45, 2.75) is 19.4 Å². The number of halogens is 1. The Morgan fingerprint density at radius 2 is 2.09 bits per heavy atom. The zero-order chi connectivity index (χ0) is 16.7. The predicted octanol–water partition coefficient (Wildman–Crippen LogP) is 2.51. The first-order valence-electron chi connectivity index (χ1n) is 7.52. The lowest BCUT2D eigenvalue weighted by molar-refractivity contribution is 0.0953. The van der Waals surface area contributed by atoms with Crippen molar-refractivity contribution in [1.82, 2.24) is 10.3 Å². The highest BCUT2D eigenvalue weighted by Gasteiger charge is 2.12. The van der Waals surface area contributed by atoms with E-state index in [2.05, 4.69) is 15.6 Å². The lowest BCUT2D eigenvalue weighted by Gasteiger charge is -2.13. The second kappa shape index (κ2) is 8.24. The third-order valence-electron chi connectivity index (χ3n) is 3.30. The highest BCUT2D eigenvalue weighted by molar-refractivity contribution is 5.93. The maximum atomic E-state index is 13.6. The monoisotopic (exact) mass is 317 g/mol. The third-order valence-corrected chi connectivity index (χ3v) is 3.30. The van der Waals surface area contributed by atoms with E-state index in [9.17, 15) is 14.3 Å². The number of hydrogen-bond acceptors (Lipinski definition) is 4. The van der Waals surface area contributed by atoms with Gasteiger partial charge in [-0.25, -0.2) is 9.37 Å². The van der Waals surface area contributed by atoms with Crippen molar-refractivity contribution in [2.24, 2.45) is 0 Å². The molecular weight excluding hydrogens is 297 g/mol. The molecule has 1 atom stereocenters. The summed E-state index contributed by atoms with van der Waals surface area (Å²) in [6.07, 6.45) is 1.35. The number of aliphatic hydroxyl groups excluding tert-OH is 1. The summed E-state index contributed by atoms with van der Waals surface area (Å²) in [4.78, 5) is 15.9. The Labute approximate surface area is 134 Å². The van der Waals surface area contributed by atoms with Gasteiger partial charge in [-0.05, 0) is 24.6 Å². The number of benzene rings is 1. The van der Waals surface area contributed by atoms with E-state index in [4.69, 9.17) is 0 Å². The van der Waals surface area contributed by atoms with Gasteiger partial charge in [-0.3, -0.25) is 4.79 Å². The molecule has 1 aromatic heterocycles. The third kappa shape index (κ3) is 4.75. The van der Waals surface area contributed by atoms with Gasteiger partial charge in [0, 0.05) is 24.8 Å². The van der Waals surface area contributed by atoms with Crippen LogP contribution >= 0.6 is 0 Å².